The maximum Gasteiger partial charge on any atom is 0.330 e. The standard InChI is InChI=1S/C10H16N2O3/c1-4-15-6-5-12-7-8(2)9(13)11(3)10(12)14/h7H,4-6H2,1-3H3. The molecule has 15 heavy (non-hydrogen) atoms. The Kier molecular flexibility index (Phi) is 3.85. The van der Waals surface area contributed by atoms with Crippen molar-refractivity contribution in [3.63, 3.8) is 0 Å². The lowest BCUT2D eigenvalue weighted by atomic mass is 10.4. The summed E-state index contributed by atoms with van der Waals surface area (Å²) >= 11 is 0. The van der Waals surface area contributed by atoms with Crippen LogP contribution in [0.1, 0.15) is 12.5 Å². The van der Waals surface area contributed by atoms with Crippen molar-refractivity contribution < 1.29 is 4.74 Å². The van der Waals surface area contributed by atoms with Gasteiger partial charge >= 0.3 is 5.69 Å². The molecule has 0 aromatic carbocycles. The Hall–Kier alpha value is -1.36. The van der Waals surface area contributed by atoms with Crippen LogP contribution in [0.3, 0.4) is 0 Å². The monoisotopic (exact) mass is 212 g/mol. The topological polar surface area (TPSA) is 53.2 Å². The van der Waals surface area contributed by atoms with Gasteiger partial charge in [0.2, 0.25) is 0 Å². The summed E-state index contributed by atoms with van der Waals surface area (Å²) < 4.78 is 7.76. The number of nitrogens with zero attached hydrogens (tertiary/aromatic N) is 2. The van der Waals surface area contributed by atoms with Gasteiger partial charge in [0.15, 0.2) is 0 Å². The van der Waals surface area contributed by atoms with Crippen LogP contribution in [0.5, 0.6) is 0 Å². The number of hydrogen-bond acceptors (Lipinski definition) is 3. The molecule has 0 saturated heterocycles. The molecule has 0 N–H and O–H groups in total. The Bertz CT molecular complexity index is 445. The van der Waals surface area contributed by atoms with Crippen LogP contribution in [-0.2, 0) is 18.3 Å². The van der Waals surface area contributed by atoms with E-state index in [1.807, 2.05) is 6.92 Å². The van der Waals surface area contributed by atoms with E-state index in [9.17, 15) is 9.59 Å². The van der Waals surface area contributed by atoms with E-state index in [0.717, 1.165) is 4.57 Å². The van der Waals surface area contributed by atoms with Gasteiger partial charge in [0, 0.05) is 25.4 Å². The van der Waals surface area contributed by atoms with Gasteiger partial charge in [-0.05, 0) is 13.8 Å². The molecule has 84 valence electrons. The molecule has 1 heterocycles. The van der Waals surface area contributed by atoms with Crippen LogP contribution in [0.2, 0.25) is 0 Å². The summed E-state index contributed by atoms with van der Waals surface area (Å²) in [6.07, 6.45) is 1.57. The van der Waals surface area contributed by atoms with Gasteiger partial charge in [-0.2, -0.15) is 0 Å². The van der Waals surface area contributed by atoms with Gasteiger partial charge in [0.25, 0.3) is 5.56 Å². The van der Waals surface area contributed by atoms with Gasteiger partial charge < -0.3 is 4.74 Å². The van der Waals surface area contributed by atoms with Gasteiger partial charge in [-0.1, -0.05) is 0 Å². The zero-order valence-electron chi connectivity index (χ0n) is 9.32. The van der Waals surface area contributed by atoms with Gasteiger partial charge in [0.1, 0.15) is 0 Å². The van der Waals surface area contributed by atoms with E-state index in [0.29, 0.717) is 25.3 Å². The second kappa shape index (κ2) is 4.93. The van der Waals surface area contributed by atoms with Crippen molar-refractivity contribution in [2.45, 2.75) is 20.4 Å². The normalized spacial score (nSPS) is 10.6. The molecule has 1 rings (SSSR count). The largest absolute Gasteiger partial charge is 0.380 e. The minimum absolute atomic E-state index is 0.243. The Balaban J connectivity index is 3.00. The fourth-order valence-electron chi connectivity index (χ4n) is 1.36. The van der Waals surface area contributed by atoms with Crippen LogP contribution in [0, 0.1) is 6.92 Å². The molecule has 0 atom stereocenters. The third-order valence-electron chi connectivity index (χ3n) is 2.20. The summed E-state index contributed by atoms with van der Waals surface area (Å²) in [5.74, 6) is 0. The van der Waals surface area contributed by atoms with Crippen molar-refractivity contribution in [2.24, 2.45) is 7.05 Å². The molecule has 1 aromatic rings. The number of ether oxygens (including phenoxy) is 1. The van der Waals surface area contributed by atoms with Gasteiger partial charge in [-0.15, -0.1) is 0 Å². The first-order chi connectivity index (χ1) is 7.07. The maximum atomic E-state index is 11.6. The number of aromatic nitrogens is 2. The van der Waals surface area contributed by atoms with Crippen LogP contribution in [-0.4, -0.2) is 22.3 Å². The minimum Gasteiger partial charge on any atom is -0.380 e. The third-order valence-corrected chi connectivity index (χ3v) is 2.20. The van der Waals surface area contributed by atoms with Crippen molar-refractivity contribution >= 4 is 0 Å². The van der Waals surface area contributed by atoms with Crippen LogP contribution in [0.15, 0.2) is 15.8 Å². The summed E-state index contributed by atoms with van der Waals surface area (Å²) in [6, 6.07) is 0. The molecule has 1 aromatic heterocycles. The lowest BCUT2D eigenvalue weighted by Gasteiger charge is -2.08. The molecule has 0 amide bonds. The summed E-state index contributed by atoms with van der Waals surface area (Å²) in [7, 11) is 1.48. The predicted octanol–water partition coefficient (Wildman–Crippen LogP) is -0.108. The average Bonchev–Trinajstić information content (AvgIpc) is 2.23. The SMILES string of the molecule is CCOCCn1cc(C)c(=O)n(C)c1=O. The molecule has 5 nitrogen and oxygen atoms in total. The number of aryl methyl sites for hydroxylation is 1. The predicted molar refractivity (Wildman–Crippen MR) is 57.2 cm³/mol. The molecule has 0 spiro atoms. The Morgan fingerprint density at radius 3 is 2.67 bits per heavy atom. The smallest absolute Gasteiger partial charge is 0.330 e. The van der Waals surface area contributed by atoms with Crippen LogP contribution >= 0.6 is 0 Å². The Labute approximate surface area is 87.9 Å². The van der Waals surface area contributed by atoms with Gasteiger partial charge in [-0.25, -0.2) is 4.79 Å². The molecule has 0 bridgehead atoms. The Morgan fingerprint density at radius 1 is 1.40 bits per heavy atom. The Morgan fingerprint density at radius 2 is 2.07 bits per heavy atom. The van der Waals surface area contributed by atoms with Crippen LogP contribution in [0.25, 0.3) is 0 Å². The summed E-state index contributed by atoms with van der Waals surface area (Å²) in [6.45, 7) is 5.17. The molecular formula is C10H16N2O3. The minimum atomic E-state index is -0.301. The van der Waals surface area contributed by atoms with Crippen molar-refractivity contribution in [3.05, 3.63) is 32.6 Å². The molecule has 0 aliphatic rings. The van der Waals surface area contributed by atoms with Gasteiger partial charge in [0.05, 0.1) is 13.2 Å². The highest BCUT2D eigenvalue weighted by Crippen LogP contribution is 1.86. The summed E-state index contributed by atoms with van der Waals surface area (Å²) in [5.41, 5.74) is 0.0200. The molecule has 0 aliphatic carbocycles. The van der Waals surface area contributed by atoms with Crippen LogP contribution < -0.4 is 11.2 Å². The van der Waals surface area contributed by atoms with Crippen molar-refractivity contribution in [2.75, 3.05) is 13.2 Å². The van der Waals surface area contributed by atoms with Crippen molar-refractivity contribution in [1.29, 1.82) is 0 Å². The molecule has 0 unspecified atom stereocenters. The van der Waals surface area contributed by atoms with E-state index in [2.05, 4.69) is 0 Å². The first-order valence-corrected chi connectivity index (χ1v) is 4.92. The maximum absolute atomic E-state index is 11.6. The third kappa shape index (κ3) is 2.56. The van der Waals surface area contributed by atoms with E-state index >= 15 is 0 Å². The highest BCUT2D eigenvalue weighted by Gasteiger charge is 2.04. The lowest BCUT2D eigenvalue weighted by Crippen LogP contribution is -2.39. The first kappa shape index (κ1) is 11.7. The second-order valence-corrected chi connectivity index (χ2v) is 3.35. The molecular weight excluding hydrogens is 196 g/mol. The van der Waals surface area contributed by atoms with Gasteiger partial charge in [-0.3, -0.25) is 13.9 Å². The quantitative estimate of drug-likeness (QED) is 0.654. The average molecular weight is 212 g/mol. The van der Waals surface area contributed by atoms with Crippen molar-refractivity contribution in [1.82, 2.24) is 9.13 Å². The number of hydrogen-bond donors (Lipinski definition) is 0. The molecule has 0 fully saturated rings. The highest BCUT2D eigenvalue weighted by molar-refractivity contribution is 5.02. The van der Waals surface area contributed by atoms with E-state index in [4.69, 9.17) is 4.74 Å². The van der Waals surface area contributed by atoms with E-state index in [1.165, 1.54) is 11.6 Å². The van der Waals surface area contributed by atoms with E-state index in [-0.39, 0.29) is 11.2 Å². The molecule has 0 saturated carbocycles. The second-order valence-electron chi connectivity index (χ2n) is 3.35. The van der Waals surface area contributed by atoms with E-state index < -0.39 is 0 Å². The highest BCUT2D eigenvalue weighted by atomic mass is 16.5. The zero-order valence-corrected chi connectivity index (χ0v) is 9.32. The van der Waals surface area contributed by atoms with E-state index in [1.54, 1.807) is 13.1 Å². The molecule has 0 aliphatic heterocycles. The zero-order chi connectivity index (χ0) is 11.4. The fraction of sp³-hybridized carbons (Fsp3) is 0.600. The molecule has 5 heteroatoms. The number of rotatable bonds is 4. The van der Waals surface area contributed by atoms with Crippen LogP contribution in [0.4, 0.5) is 0 Å². The fourth-order valence-corrected chi connectivity index (χ4v) is 1.36. The van der Waals surface area contributed by atoms with Crippen molar-refractivity contribution in [3.8, 4) is 0 Å². The lowest BCUT2D eigenvalue weighted by molar-refractivity contribution is 0.137. The summed E-state index contributed by atoms with van der Waals surface area (Å²) in [4.78, 5) is 23.0. The first-order valence-electron chi connectivity index (χ1n) is 4.92. The summed E-state index contributed by atoms with van der Waals surface area (Å²) in [5, 5.41) is 0. The molecule has 0 radical (unpaired) electrons.